The van der Waals surface area contributed by atoms with Crippen molar-refractivity contribution in [3.05, 3.63) is 101 Å². The monoisotopic (exact) mass is 788 g/mol. The molecule has 0 radical (unpaired) electrons. The molecule has 58 heavy (non-hydrogen) atoms. The number of benzene rings is 4. The van der Waals surface area contributed by atoms with Crippen LogP contribution in [0.5, 0.6) is 34.5 Å². The van der Waals surface area contributed by atoms with Crippen LogP contribution in [-0.2, 0) is 17.6 Å². The van der Waals surface area contributed by atoms with Gasteiger partial charge in [0.2, 0.25) is 5.75 Å². The van der Waals surface area contributed by atoms with Gasteiger partial charge in [-0.3, -0.25) is 4.79 Å². The topological polar surface area (TPSA) is 161 Å². The Hall–Kier alpha value is -5.35. The highest BCUT2D eigenvalue weighted by Gasteiger charge is 2.50. The van der Waals surface area contributed by atoms with Crippen molar-refractivity contribution in [1.82, 2.24) is 5.32 Å². The lowest BCUT2D eigenvalue weighted by atomic mass is 9.62. The zero-order chi connectivity index (χ0) is 40.4. The van der Waals surface area contributed by atoms with Crippen LogP contribution in [0.2, 0.25) is 0 Å². The number of ketones is 1. The molecule has 7 N–H and O–H groups in total. The van der Waals surface area contributed by atoms with E-state index >= 15 is 4.79 Å². The Bertz CT molecular complexity index is 2220. The predicted molar refractivity (Wildman–Crippen MR) is 225 cm³/mol. The van der Waals surface area contributed by atoms with Gasteiger partial charge in [-0.15, -0.1) is 0 Å². The van der Waals surface area contributed by atoms with Gasteiger partial charge in [0.1, 0.15) is 17.4 Å². The van der Waals surface area contributed by atoms with Crippen LogP contribution in [0.4, 0.5) is 5.69 Å². The number of Topliss-reactive ketones (excluding diaryl/α,β-unsaturated/α-hetero) is 1. The molecule has 0 amide bonds. The molecule has 306 valence electrons. The van der Waals surface area contributed by atoms with Gasteiger partial charge in [-0.1, -0.05) is 43.5 Å². The number of methoxy groups -OCH3 is 1. The second kappa shape index (κ2) is 16.9. The zero-order valence-electron chi connectivity index (χ0n) is 33.3. The number of carbonyl (C=O) groups excluding carboxylic acids is 1. The van der Waals surface area contributed by atoms with Crippen molar-refractivity contribution in [2.45, 2.75) is 108 Å². The first-order valence-electron chi connectivity index (χ1n) is 21.1. The molecular weight excluding hydrogens is 733 g/mol. The lowest BCUT2D eigenvalue weighted by molar-refractivity contribution is -0.132. The maximum Gasteiger partial charge on any atom is 0.200 e. The summed E-state index contributed by atoms with van der Waals surface area (Å²) < 4.78 is 11.7. The molecule has 2 heterocycles. The second-order valence-electron chi connectivity index (χ2n) is 16.8. The van der Waals surface area contributed by atoms with E-state index in [-0.39, 0.29) is 47.1 Å². The third-order valence-corrected chi connectivity index (χ3v) is 13.3. The number of phenolic OH excluding ortho intramolecular Hbond substituents is 4. The molecule has 2 aliphatic carbocycles. The van der Waals surface area contributed by atoms with Crippen LogP contribution in [0.1, 0.15) is 99.7 Å². The summed E-state index contributed by atoms with van der Waals surface area (Å²) in [4.78, 5) is 15.4. The molecule has 0 saturated heterocycles. The number of fused-ring (bicyclic) bond motifs is 5. The second-order valence-corrected chi connectivity index (χ2v) is 16.8. The highest BCUT2D eigenvalue weighted by atomic mass is 16.5. The number of rotatable bonds is 8. The maximum atomic E-state index is 15.4. The van der Waals surface area contributed by atoms with Gasteiger partial charge in [0.25, 0.3) is 0 Å². The van der Waals surface area contributed by atoms with Gasteiger partial charge in [-0.2, -0.15) is 0 Å². The minimum absolute atomic E-state index is 0.0327. The maximum absolute atomic E-state index is 15.4. The van der Waals surface area contributed by atoms with E-state index in [1.165, 1.54) is 7.11 Å². The van der Waals surface area contributed by atoms with E-state index in [9.17, 15) is 25.5 Å². The Morgan fingerprint density at radius 2 is 1.67 bits per heavy atom. The van der Waals surface area contributed by atoms with Crippen molar-refractivity contribution in [1.29, 1.82) is 0 Å². The van der Waals surface area contributed by atoms with Crippen molar-refractivity contribution in [2.75, 3.05) is 19.0 Å². The number of dihydropyridines is 1. The Morgan fingerprint density at radius 1 is 0.862 bits per heavy atom. The molecule has 4 aromatic carbocycles. The number of anilines is 1. The first-order chi connectivity index (χ1) is 28.1. The number of ether oxygens (including phenoxy) is 2. The fraction of sp³-hybridized carbons (Fsp3) is 0.438. The first-order valence-corrected chi connectivity index (χ1v) is 21.1. The van der Waals surface area contributed by atoms with E-state index in [2.05, 4.69) is 22.8 Å². The Morgan fingerprint density at radius 3 is 2.47 bits per heavy atom. The molecule has 0 aromatic heterocycles. The molecule has 8 rings (SSSR count). The lowest BCUT2D eigenvalue weighted by Crippen LogP contribution is -2.44. The third-order valence-electron chi connectivity index (χ3n) is 13.3. The predicted octanol–water partition coefficient (Wildman–Crippen LogP) is 9.02. The Balaban J connectivity index is 1.23. The van der Waals surface area contributed by atoms with Gasteiger partial charge in [-0.05, 0) is 152 Å². The van der Waals surface area contributed by atoms with E-state index < -0.39 is 23.4 Å². The van der Waals surface area contributed by atoms with Gasteiger partial charge in [0.15, 0.2) is 23.0 Å². The van der Waals surface area contributed by atoms with Crippen LogP contribution in [0, 0.1) is 11.3 Å². The number of aliphatic hydroxyl groups excluding tert-OH is 1. The first kappa shape index (κ1) is 39.5. The standard InChI is InChI=1S/C48H56N2O8/c1-57-43-23-29(9-17-39(43)52)10-18-40(53)46-41(54)25-30(32-26-42(55)47(56)44(27-32)58-35-7-3-2-4-8-35)11-14-37-36-15-13-34(51)24-31(36)12-16-38(37)50-45-28-33(19-22-49-45)48(46)20-5-6-21-48/h9,12-13,15-17,19,23-24,26-28,30,35,40,46,49-53,55-56H,2-8,10-11,14,18,20-22,25H2,1H3/t30-,40-,46-/m1/s1. The SMILES string of the molecule is COc1cc(CC[C@@H](O)[C@@H]2C(=O)C[C@H](c3cc(O)c(O)c(OC4CCCCC4)c3)CCc3c(ccc4cc(O)ccc34)NC3=CC(=CCN3)C23CCCC3)ccc1O. The largest absolute Gasteiger partial charge is 0.508 e. The number of allylic oxidation sites excluding steroid dienone is 2. The number of aryl methyl sites for hydroxylation is 2. The van der Waals surface area contributed by atoms with Crippen LogP contribution in [0.25, 0.3) is 10.8 Å². The Kier molecular flexibility index (Phi) is 11.5. The van der Waals surface area contributed by atoms with Crippen LogP contribution in [-0.4, -0.2) is 57.2 Å². The quantitative estimate of drug-likeness (QED) is 0.0859. The molecule has 1 spiro atoms. The average molecular weight is 789 g/mol. The third kappa shape index (κ3) is 8.04. The zero-order valence-corrected chi connectivity index (χ0v) is 33.3. The van der Waals surface area contributed by atoms with Gasteiger partial charge in [-0.25, -0.2) is 0 Å². The fourth-order valence-corrected chi connectivity index (χ4v) is 10.3. The van der Waals surface area contributed by atoms with Crippen molar-refractivity contribution >= 4 is 22.2 Å². The molecule has 3 atom stereocenters. The number of carbonyl (C=O) groups is 1. The van der Waals surface area contributed by atoms with Crippen molar-refractivity contribution in [2.24, 2.45) is 11.3 Å². The summed E-state index contributed by atoms with van der Waals surface area (Å²) in [7, 11) is 1.51. The average Bonchev–Trinajstić information content (AvgIpc) is 3.72. The number of hydrogen-bond donors (Lipinski definition) is 7. The molecule has 10 heteroatoms. The summed E-state index contributed by atoms with van der Waals surface area (Å²) in [6.07, 6.45) is 13.6. The number of aliphatic hydroxyl groups is 1. The molecular formula is C48H56N2O8. The highest BCUT2D eigenvalue weighted by Crippen LogP contribution is 2.54. The van der Waals surface area contributed by atoms with E-state index in [4.69, 9.17) is 9.47 Å². The Labute approximate surface area is 340 Å². The van der Waals surface area contributed by atoms with E-state index in [1.54, 1.807) is 36.4 Å². The summed E-state index contributed by atoms with van der Waals surface area (Å²) in [6, 6.07) is 18.0. The molecule has 2 fully saturated rings. The molecule has 10 nitrogen and oxygen atoms in total. The summed E-state index contributed by atoms with van der Waals surface area (Å²) in [6.45, 7) is 0.566. The molecule has 2 aliphatic heterocycles. The minimum atomic E-state index is -0.969. The van der Waals surface area contributed by atoms with Gasteiger partial charge in [0.05, 0.1) is 25.2 Å². The molecule has 4 aromatic rings. The smallest absolute Gasteiger partial charge is 0.200 e. The van der Waals surface area contributed by atoms with Crippen molar-refractivity contribution < 1.29 is 39.8 Å². The van der Waals surface area contributed by atoms with Gasteiger partial charge < -0.3 is 45.6 Å². The van der Waals surface area contributed by atoms with E-state index in [0.29, 0.717) is 43.5 Å². The summed E-state index contributed by atoms with van der Waals surface area (Å²) in [5.74, 6) is -0.0908. The molecule has 4 aliphatic rings. The normalized spacial score (nSPS) is 21.7. The number of hydrogen-bond acceptors (Lipinski definition) is 10. The summed E-state index contributed by atoms with van der Waals surface area (Å²) in [5, 5.41) is 64.4. The lowest BCUT2D eigenvalue weighted by Gasteiger charge is -2.42. The van der Waals surface area contributed by atoms with Crippen LogP contribution < -0.4 is 20.1 Å². The number of nitrogens with one attached hydrogen (secondary N) is 2. The van der Waals surface area contributed by atoms with Crippen LogP contribution in [0.15, 0.2) is 84.2 Å². The van der Waals surface area contributed by atoms with E-state index in [1.807, 2.05) is 24.3 Å². The number of phenols is 4. The van der Waals surface area contributed by atoms with Gasteiger partial charge in [0, 0.05) is 24.1 Å². The van der Waals surface area contributed by atoms with Gasteiger partial charge >= 0.3 is 0 Å². The number of aromatic hydroxyl groups is 4. The molecule has 2 bridgehead atoms. The van der Waals surface area contributed by atoms with E-state index in [0.717, 1.165) is 96.8 Å². The van der Waals surface area contributed by atoms with Crippen molar-refractivity contribution in [3.8, 4) is 34.5 Å². The molecule has 2 saturated carbocycles. The highest BCUT2D eigenvalue weighted by molar-refractivity contribution is 5.91. The summed E-state index contributed by atoms with van der Waals surface area (Å²) >= 11 is 0. The van der Waals surface area contributed by atoms with Crippen LogP contribution >= 0.6 is 0 Å². The molecule has 0 unspecified atom stereocenters. The summed E-state index contributed by atoms with van der Waals surface area (Å²) in [5.41, 5.74) is 3.97. The van der Waals surface area contributed by atoms with Crippen LogP contribution in [0.3, 0.4) is 0 Å². The fourth-order valence-electron chi connectivity index (χ4n) is 10.3. The van der Waals surface area contributed by atoms with Crippen molar-refractivity contribution in [3.63, 3.8) is 0 Å². The minimum Gasteiger partial charge on any atom is -0.508 e.